The molecule has 0 unspecified atom stereocenters. The molecule has 0 aliphatic heterocycles. The molecule has 9 heteroatoms. The molecule has 31 heavy (non-hydrogen) atoms. The lowest BCUT2D eigenvalue weighted by molar-refractivity contribution is -0.120. The van der Waals surface area contributed by atoms with Crippen LogP contribution in [0.3, 0.4) is 0 Å². The number of hydrogen-bond donors (Lipinski definition) is 1. The van der Waals surface area contributed by atoms with E-state index >= 15 is 0 Å². The zero-order valence-corrected chi connectivity index (χ0v) is 16.8. The SMILES string of the molecule is COc1ccc(-c2nnc3ccc(OCCNC(=O)Cc4ccc(F)cc4)nn23)cc1. The largest absolute Gasteiger partial charge is 0.497 e. The van der Waals surface area contributed by atoms with Gasteiger partial charge in [-0.3, -0.25) is 4.79 Å². The number of nitrogens with zero attached hydrogens (tertiary/aromatic N) is 4. The zero-order chi connectivity index (χ0) is 21.6. The molecule has 0 aliphatic carbocycles. The van der Waals surface area contributed by atoms with Crippen LogP contribution in [-0.4, -0.2) is 46.0 Å². The Morgan fingerprint density at radius 1 is 1.03 bits per heavy atom. The number of ether oxygens (including phenoxy) is 2. The normalized spacial score (nSPS) is 10.8. The van der Waals surface area contributed by atoms with E-state index in [0.29, 0.717) is 23.9 Å². The maximum Gasteiger partial charge on any atom is 0.231 e. The van der Waals surface area contributed by atoms with Gasteiger partial charge in [0.2, 0.25) is 11.8 Å². The van der Waals surface area contributed by atoms with Gasteiger partial charge in [-0.1, -0.05) is 12.1 Å². The van der Waals surface area contributed by atoms with Gasteiger partial charge in [0, 0.05) is 11.6 Å². The van der Waals surface area contributed by atoms with Gasteiger partial charge in [-0.25, -0.2) is 4.39 Å². The molecule has 4 aromatic rings. The highest BCUT2D eigenvalue weighted by Crippen LogP contribution is 2.21. The fourth-order valence-corrected chi connectivity index (χ4v) is 2.97. The molecule has 2 heterocycles. The second kappa shape index (κ2) is 9.21. The maximum absolute atomic E-state index is 12.9. The summed E-state index contributed by atoms with van der Waals surface area (Å²) in [6.45, 7) is 0.556. The topological polar surface area (TPSA) is 90.6 Å². The molecule has 2 aromatic heterocycles. The minimum Gasteiger partial charge on any atom is -0.497 e. The van der Waals surface area contributed by atoms with Crippen LogP contribution in [0.4, 0.5) is 4.39 Å². The first-order valence-electron chi connectivity index (χ1n) is 9.63. The molecule has 0 fully saturated rings. The third-order valence-corrected chi connectivity index (χ3v) is 4.54. The molecule has 0 saturated carbocycles. The van der Waals surface area contributed by atoms with Gasteiger partial charge in [-0.05, 0) is 48.0 Å². The van der Waals surface area contributed by atoms with Gasteiger partial charge in [-0.2, -0.15) is 4.52 Å². The van der Waals surface area contributed by atoms with Gasteiger partial charge in [0.15, 0.2) is 11.5 Å². The Morgan fingerprint density at radius 2 is 1.81 bits per heavy atom. The molecule has 0 aliphatic rings. The quantitative estimate of drug-likeness (QED) is 0.440. The Balaban J connectivity index is 1.34. The minimum atomic E-state index is -0.328. The van der Waals surface area contributed by atoms with Crippen molar-refractivity contribution < 1.29 is 18.7 Å². The third-order valence-electron chi connectivity index (χ3n) is 4.54. The van der Waals surface area contributed by atoms with E-state index in [-0.39, 0.29) is 24.8 Å². The van der Waals surface area contributed by atoms with Gasteiger partial charge in [0.05, 0.1) is 20.1 Å². The Bertz CT molecular complexity index is 1180. The summed E-state index contributed by atoms with van der Waals surface area (Å²) in [5.74, 6) is 1.21. The Morgan fingerprint density at radius 3 is 2.55 bits per heavy atom. The fraction of sp³-hybridized carbons (Fsp3) is 0.182. The van der Waals surface area contributed by atoms with Gasteiger partial charge < -0.3 is 14.8 Å². The lowest BCUT2D eigenvalue weighted by Gasteiger charge is -2.08. The summed E-state index contributed by atoms with van der Waals surface area (Å²) < 4.78 is 25.4. The molecule has 1 N–H and O–H groups in total. The van der Waals surface area contributed by atoms with E-state index in [1.807, 2.05) is 24.3 Å². The summed E-state index contributed by atoms with van der Waals surface area (Å²) >= 11 is 0. The molecule has 8 nitrogen and oxygen atoms in total. The van der Waals surface area contributed by atoms with Gasteiger partial charge in [-0.15, -0.1) is 15.3 Å². The number of nitrogens with one attached hydrogen (secondary N) is 1. The van der Waals surface area contributed by atoms with Crippen molar-refractivity contribution in [3.05, 3.63) is 72.0 Å². The van der Waals surface area contributed by atoms with Crippen LogP contribution < -0.4 is 14.8 Å². The van der Waals surface area contributed by atoms with E-state index in [1.54, 1.807) is 35.9 Å². The van der Waals surface area contributed by atoms with Crippen LogP contribution in [0.25, 0.3) is 17.0 Å². The van der Waals surface area contributed by atoms with E-state index in [9.17, 15) is 9.18 Å². The molecule has 1 amide bonds. The van der Waals surface area contributed by atoms with Gasteiger partial charge >= 0.3 is 0 Å². The van der Waals surface area contributed by atoms with Crippen molar-refractivity contribution >= 4 is 11.6 Å². The molecule has 158 valence electrons. The molecular weight excluding hydrogens is 401 g/mol. The van der Waals surface area contributed by atoms with Crippen LogP contribution in [0.15, 0.2) is 60.7 Å². The van der Waals surface area contributed by atoms with E-state index in [2.05, 4.69) is 20.6 Å². The highest BCUT2D eigenvalue weighted by atomic mass is 19.1. The number of aromatic nitrogens is 4. The van der Waals surface area contributed by atoms with E-state index in [1.165, 1.54) is 12.1 Å². The van der Waals surface area contributed by atoms with Crippen LogP contribution in [0.1, 0.15) is 5.56 Å². The number of amides is 1. The van der Waals surface area contributed by atoms with Gasteiger partial charge in [0.25, 0.3) is 0 Å². The summed E-state index contributed by atoms with van der Waals surface area (Å²) in [5, 5.41) is 15.5. The number of hydrogen-bond acceptors (Lipinski definition) is 6. The van der Waals surface area contributed by atoms with Crippen molar-refractivity contribution in [2.24, 2.45) is 0 Å². The molecule has 2 aromatic carbocycles. The monoisotopic (exact) mass is 421 g/mol. The Hall–Kier alpha value is -4.01. The number of halogens is 1. The highest BCUT2D eigenvalue weighted by molar-refractivity contribution is 5.78. The number of carbonyl (C=O) groups excluding carboxylic acids is 1. The first-order valence-corrected chi connectivity index (χ1v) is 9.63. The molecule has 4 rings (SSSR count). The number of carbonyl (C=O) groups is 1. The van der Waals surface area contributed by atoms with Crippen molar-refractivity contribution in [2.45, 2.75) is 6.42 Å². The predicted molar refractivity (Wildman–Crippen MR) is 111 cm³/mol. The fourth-order valence-electron chi connectivity index (χ4n) is 2.97. The average molecular weight is 421 g/mol. The molecular formula is C22H20FN5O3. The second-order valence-corrected chi connectivity index (χ2v) is 6.70. The Kier molecular flexibility index (Phi) is 6.02. The van der Waals surface area contributed by atoms with Crippen molar-refractivity contribution in [1.82, 2.24) is 25.1 Å². The molecule has 0 spiro atoms. The standard InChI is InChI=1S/C22H20FN5O3/c1-30-18-8-4-16(5-9-18)22-26-25-19-10-11-21(27-28(19)22)31-13-12-24-20(29)14-15-2-6-17(23)7-3-15/h2-11H,12-14H2,1H3,(H,24,29). The second-order valence-electron chi connectivity index (χ2n) is 6.70. The molecule has 0 radical (unpaired) electrons. The van der Waals surface area contributed by atoms with Crippen LogP contribution in [0.2, 0.25) is 0 Å². The summed E-state index contributed by atoms with van der Waals surface area (Å²) in [4.78, 5) is 12.0. The van der Waals surface area contributed by atoms with Crippen molar-refractivity contribution in [3.8, 4) is 23.0 Å². The summed E-state index contributed by atoms with van der Waals surface area (Å²) in [7, 11) is 1.61. The predicted octanol–water partition coefficient (Wildman–Crippen LogP) is 2.68. The van der Waals surface area contributed by atoms with E-state index < -0.39 is 0 Å². The number of benzene rings is 2. The van der Waals surface area contributed by atoms with Gasteiger partial charge in [0.1, 0.15) is 18.2 Å². The first kappa shape index (κ1) is 20.3. The first-order chi connectivity index (χ1) is 15.1. The van der Waals surface area contributed by atoms with Crippen LogP contribution >= 0.6 is 0 Å². The summed E-state index contributed by atoms with van der Waals surface area (Å²) in [6, 6.07) is 16.7. The lowest BCUT2D eigenvalue weighted by atomic mass is 10.1. The molecule has 0 saturated heterocycles. The van der Waals surface area contributed by atoms with Crippen LogP contribution in [0, 0.1) is 5.82 Å². The van der Waals surface area contributed by atoms with Crippen molar-refractivity contribution in [3.63, 3.8) is 0 Å². The minimum absolute atomic E-state index is 0.167. The van der Waals surface area contributed by atoms with E-state index in [0.717, 1.165) is 16.9 Å². The Labute approximate surface area is 177 Å². The van der Waals surface area contributed by atoms with Crippen LogP contribution in [0.5, 0.6) is 11.6 Å². The van der Waals surface area contributed by atoms with Crippen molar-refractivity contribution in [1.29, 1.82) is 0 Å². The van der Waals surface area contributed by atoms with Crippen molar-refractivity contribution in [2.75, 3.05) is 20.3 Å². The molecule has 0 bridgehead atoms. The lowest BCUT2D eigenvalue weighted by Crippen LogP contribution is -2.29. The summed E-state index contributed by atoms with van der Waals surface area (Å²) in [6.07, 6.45) is 0.177. The zero-order valence-electron chi connectivity index (χ0n) is 16.8. The van der Waals surface area contributed by atoms with E-state index in [4.69, 9.17) is 9.47 Å². The number of methoxy groups -OCH3 is 1. The summed E-state index contributed by atoms with van der Waals surface area (Å²) in [5.41, 5.74) is 2.17. The number of fused-ring (bicyclic) bond motifs is 1. The smallest absolute Gasteiger partial charge is 0.231 e. The molecule has 0 atom stereocenters. The highest BCUT2D eigenvalue weighted by Gasteiger charge is 2.11. The average Bonchev–Trinajstić information content (AvgIpc) is 3.21. The number of rotatable bonds is 8. The van der Waals surface area contributed by atoms with Crippen LogP contribution in [-0.2, 0) is 11.2 Å². The maximum atomic E-state index is 12.9. The third kappa shape index (κ3) is 4.95.